The smallest absolute Gasteiger partial charge is 0.172 e. The molecule has 0 spiro atoms. The molecule has 0 saturated heterocycles. The molecule has 2 rings (SSSR count). The molecule has 0 aliphatic rings. The lowest BCUT2D eigenvalue weighted by Crippen LogP contribution is -2.06. The lowest BCUT2D eigenvalue weighted by molar-refractivity contribution is 0.0991. The highest BCUT2D eigenvalue weighted by Crippen LogP contribution is 2.09. The van der Waals surface area contributed by atoms with Crippen LogP contribution in [0.4, 0.5) is 0 Å². The first-order valence-electron chi connectivity index (χ1n) is 5.08. The third-order valence-corrected chi connectivity index (χ3v) is 2.65. The van der Waals surface area contributed by atoms with E-state index in [2.05, 4.69) is 10.2 Å². The van der Waals surface area contributed by atoms with Crippen molar-refractivity contribution in [3.8, 4) is 0 Å². The second-order valence-electron chi connectivity index (χ2n) is 3.85. The fraction of sp³-hybridized carbons (Fsp3) is 0.364. The molecule has 0 fully saturated rings. The van der Waals surface area contributed by atoms with Crippen LogP contribution >= 0.6 is 0 Å². The van der Waals surface area contributed by atoms with Crippen LogP contribution < -0.4 is 0 Å². The Bertz CT molecular complexity index is 524. The van der Waals surface area contributed by atoms with Crippen LogP contribution in [0.2, 0.25) is 0 Å². The Labute approximate surface area is 93.7 Å². The fourth-order valence-corrected chi connectivity index (χ4v) is 1.59. The Hall–Kier alpha value is -1.91. The molecular formula is C11H14N4O. The summed E-state index contributed by atoms with van der Waals surface area (Å²) in [5, 5.41) is 8.24. The summed E-state index contributed by atoms with van der Waals surface area (Å²) in [6, 6.07) is 1.85. The predicted octanol–water partition coefficient (Wildman–Crippen LogP) is 0.887. The SMILES string of the molecule is Cc1c(C(=O)Cc2ccn(C)n2)cnn1C. The van der Waals surface area contributed by atoms with Crippen LogP contribution in [-0.4, -0.2) is 25.3 Å². The third-order valence-electron chi connectivity index (χ3n) is 2.65. The van der Waals surface area contributed by atoms with Crippen LogP contribution in [0.1, 0.15) is 21.7 Å². The van der Waals surface area contributed by atoms with Gasteiger partial charge in [-0.25, -0.2) is 0 Å². The summed E-state index contributed by atoms with van der Waals surface area (Å²) in [5.41, 5.74) is 2.35. The minimum absolute atomic E-state index is 0.0595. The molecule has 0 N–H and O–H groups in total. The maximum atomic E-state index is 12.0. The van der Waals surface area contributed by atoms with Gasteiger partial charge in [-0.3, -0.25) is 14.2 Å². The van der Waals surface area contributed by atoms with Gasteiger partial charge >= 0.3 is 0 Å². The average molecular weight is 218 g/mol. The highest BCUT2D eigenvalue weighted by atomic mass is 16.1. The number of carbonyl (C=O) groups is 1. The van der Waals surface area contributed by atoms with Gasteiger partial charge < -0.3 is 0 Å². The summed E-state index contributed by atoms with van der Waals surface area (Å²) >= 11 is 0. The highest BCUT2D eigenvalue weighted by Gasteiger charge is 2.14. The first kappa shape index (κ1) is 10.6. The lowest BCUT2D eigenvalue weighted by atomic mass is 10.1. The molecule has 84 valence electrons. The van der Waals surface area contributed by atoms with Gasteiger partial charge in [0, 0.05) is 26.0 Å². The number of ketones is 1. The summed E-state index contributed by atoms with van der Waals surface area (Å²) in [6.07, 6.45) is 3.77. The Kier molecular flexibility index (Phi) is 2.60. The molecule has 0 radical (unpaired) electrons. The van der Waals surface area contributed by atoms with E-state index in [4.69, 9.17) is 0 Å². The summed E-state index contributed by atoms with van der Waals surface area (Å²) in [7, 11) is 3.66. The quantitative estimate of drug-likeness (QED) is 0.719. The number of carbonyl (C=O) groups excluding carboxylic acids is 1. The van der Waals surface area contributed by atoms with Crippen molar-refractivity contribution in [1.82, 2.24) is 19.6 Å². The average Bonchev–Trinajstić information content (AvgIpc) is 2.76. The maximum absolute atomic E-state index is 12.0. The predicted molar refractivity (Wildman–Crippen MR) is 59.2 cm³/mol. The molecule has 0 bridgehead atoms. The van der Waals surface area contributed by atoms with Crippen LogP contribution in [-0.2, 0) is 20.5 Å². The van der Waals surface area contributed by atoms with Crippen LogP contribution in [0, 0.1) is 6.92 Å². The highest BCUT2D eigenvalue weighted by molar-refractivity contribution is 5.98. The molecule has 2 aromatic heterocycles. The summed E-state index contributed by atoms with van der Waals surface area (Å²) < 4.78 is 3.39. The number of nitrogens with zero attached hydrogens (tertiary/aromatic N) is 4. The Balaban J connectivity index is 2.18. The number of aryl methyl sites for hydroxylation is 2. The molecule has 0 unspecified atom stereocenters. The zero-order valence-corrected chi connectivity index (χ0v) is 9.64. The van der Waals surface area contributed by atoms with Crippen molar-refractivity contribution in [2.75, 3.05) is 0 Å². The Morgan fingerprint density at radius 2 is 2.19 bits per heavy atom. The zero-order valence-electron chi connectivity index (χ0n) is 9.64. The van der Waals surface area contributed by atoms with Crippen molar-refractivity contribution in [1.29, 1.82) is 0 Å². The van der Waals surface area contributed by atoms with Crippen LogP contribution in [0.3, 0.4) is 0 Å². The van der Waals surface area contributed by atoms with E-state index in [1.807, 2.05) is 33.3 Å². The van der Waals surface area contributed by atoms with Gasteiger partial charge in [-0.1, -0.05) is 0 Å². The molecule has 0 amide bonds. The molecule has 0 aliphatic carbocycles. The van der Waals surface area contributed by atoms with Gasteiger partial charge in [0.1, 0.15) is 0 Å². The van der Waals surface area contributed by atoms with Gasteiger partial charge in [-0.05, 0) is 13.0 Å². The van der Waals surface area contributed by atoms with E-state index >= 15 is 0 Å². The standard InChI is InChI=1S/C11H14N4O/c1-8-10(7-12-15(8)3)11(16)6-9-4-5-14(2)13-9/h4-5,7H,6H2,1-3H3. The van der Waals surface area contributed by atoms with Gasteiger partial charge in [0.15, 0.2) is 5.78 Å². The fourth-order valence-electron chi connectivity index (χ4n) is 1.59. The molecule has 5 nitrogen and oxygen atoms in total. The Morgan fingerprint density at radius 1 is 1.44 bits per heavy atom. The number of hydrogen-bond acceptors (Lipinski definition) is 3. The van der Waals surface area contributed by atoms with E-state index in [9.17, 15) is 4.79 Å². The van der Waals surface area contributed by atoms with E-state index < -0.39 is 0 Å². The summed E-state index contributed by atoms with van der Waals surface area (Å²) in [6.45, 7) is 1.89. The summed E-state index contributed by atoms with van der Waals surface area (Å²) in [5.74, 6) is 0.0595. The van der Waals surface area contributed by atoms with Crippen molar-refractivity contribution < 1.29 is 4.79 Å². The molecular weight excluding hydrogens is 204 g/mol. The van der Waals surface area contributed by atoms with Crippen LogP contribution in [0.5, 0.6) is 0 Å². The van der Waals surface area contributed by atoms with Crippen LogP contribution in [0.15, 0.2) is 18.5 Å². The van der Waals surface area contributed by atoms with Crippen molar-refractivity contribution in [3.05, 3.63) is 35.4 Å². The molecule has 16 heavy (non-hydrogen) atoms. The molecule has 0 aromatic carbocycles. The second kappa shape index (κ2) is 3.92. The van der Waals surface area contributed by atoms with Crippen molar-refractivity contribution in [2.24, 2.45) is 14.1 Å². The molecule has 2 heterocycles. The van der Waals surface area contributed by atoms with Crippen molar-refractivity contribution in [3.63, 3.8) is 0 Å². The number of hydrogen-bond donors (Lipinski definition) is 0. The normalized spacial score (nSPS) is 10.7. The molecule has 5 heteroatoms. The third kappa shape index (κ3) is 1.88. The first-order chi connectivity index (χ1) is 7.58. The van der Waals surface area contributed by atoms with Gasteiger partial charge in [0.25, 0.3) is 0 Å². The molecule has 0 atom stereocenters. The largest absolute Gasteiger partial charge is 0.294 e. The van der Waals surface area contributed by atoms with E-state index in [1.54, 1.807) is 15.6 Å². The van der Waals surface area contributed by atoms with Crippen molar-refractivity contribution in [2.45, 2.75) is 13.3 Å². The van der Waals surface area contributed by atoms with Crippen LogP contribution in [0.25, 0.3) is 0 Å². The molecule has 0 saturated carbocycles. The van der Waals surface area contributed by atoms with Gasteiger partial charge in [0.2, 0.25) is 0 Å². The molecule has 0 aliphatic heterocycles. The van der Waals surface area contributed by atoms with Gasteiger partial charge in [0.05, 0.1) is 23.9 Å². The number of Topliss-reactive ketones (excluding diaryl/α,β-unsaturated/α-hetero) is 1. The van der Waals surface area contributed by atoms with E-state index in [-0.39, 0.29) is 5.78 Å². The topological polar surface area (TPSA) is 52.7 Å². The van der Waals surface area contributed by atoms with E-state index in [0.717, 1.165) is 11.4 Å². The van der Waals surface area contributed by atoms with Gasteiger partial charge in [-0.15, -0.1) is 0 Å². The number of aromatic nitrogens is 4. The monoisotopic (exact) mass is 218 g/mol. The first-order valence-corrected chi connectivity index (χ1v) is 5.08. The van der Waals surface area contributed by atoms with E-state index in [0.29, 0.717) is 12.0 Å². The van der Waals surface area contributed by atoms with Gasteiger partial charge in [-0.2, -0.15) is 10.2 Å². The molecule has 2 aromatic rings. The summed E-state index contributed by atoms with van der Waals surface area (Å²) in [4.78, 5) is 12.0. The maximum Gasteiger partial charge on any atom is 0.172 e. The zero-order chi connectivity index (χ0) is 11.7. The Morgan fingerprint density at radius 3 is 2.69 bits per heavy atom. The minimum atomic E-state index is 0.0595. The lowest BCUT2D eigenvalue weighted by Gasteiger charge is -1.98. The second-order valence-corrected chi connectivity index (χ2v) is 3.85. The minimum Gasteiger partial charge on any atom is -0.294 e. The number of rotatable bonds is 3. The van der Waals surface area contributed by atoms with E-state index in [1.165, 1.54) is 0 Å². The van der Waals surface area contributed by atoms with Crippen molar-refractivity contribution >= 4 is 5.78 Å².